The Morgan fingerprint density at radius 3 is 2.83 bits per heavy atom. The fourth-order valence-corrected chi connectivity index (χ4v) is 3.06. The Hall–Kier alpha value is -2.31. The van der Waals surface area contributed by atoms with Gasteiger partial charge in [0.05, 0.1) is 18.0 Å². The summed E-state index contributed by atoms with van der Waals surface area (Å²) >= 11 is 0. The summed E-state index contributed by atoms with van der Waals surface area (Å²) in [5, 5.41) is 7.98. The number of aromatic nitrogens is 4. The van der Waals surface area contributed by atoms with E-state index in [1.807, 2.05) is 24.0 Å². The maximum Gasteiger partial charge on any atom is 0.233 e. The summed E-state index contributed by atoms with van der Waals surface area (Å²) < 4.78 is 20.3. The van der Waals surface area contributed by atoms with Gasteiger partial charge in [-0.3, -0.25) is 0 Å². The minimum absolute atomic E-state index is 0.244. The third-order valence-electron chi connectivity index (χ3n) is 4.59. The summed E-state index contributed by atoms with van der Waals surface area (Å²) in [6, 6.07) is 3.69. The van der Waals surface area contributed by atoms with Gasteiger partial charge in [0, 0.05) is 31.0 Å². The molecular formula is C17H20FN5O. The monoisotopic (exact) mass is 329 g/mol. The van der Waals surface area contributed by atoms with Gasteiger partial charge in [-0.25, -0.2) is 14.4 Å². The molecule has 1 saturated heterocycles. The molecule has 0 spiro atoms. The van der Waals surface area contributed by atoms with E-state index in [9.17, 15) is 4.39 Å². The van der Waals surface area contributed by atoms with Gasteiger partial charge >= 0.3 is 0 Å². The second-order valence-corrected chi connectivity index (χ2v) is 6.60. The number of hydrogen-bond acceptors (Lipinski definition) is 6. The predicted molar refractivity (Wildman–Crippen MR) is 86.5 cm³/mol. The zero-order valence-electron chi connectivity index (χ0n) is 13.7. The number of halogens is 1. The molecule has 1 saturated carbocycles. The van der Waals surface area contributed by atoms with Gasteiger partial charge in [-0.05, 0) is 32.3 Å². The second kappa shape index (κ2) is 6.30. The SMILES string of the molecule is Cc1ccc(OCC2CCN(c3ncnc(C4CC4)c3F)C2)nn1. The molecule has 126 valence electrons. The first-order valence-electron chi connectivity index (χ1n) is 8.39. The second-order valence-electron chi connectivity index (χ2n) is 6.60. The zero-order chi connectivity index (χ0) is 16.5. The summed E-state index contributed by atoms with van der Waals surface area (Å²) in [5.74, 6) is 1.33. The van der Waals surface area contributed by atoms with Crippen molar-refractivity contribution in [1.29, 1.82) is 0 Å². The summed E-state index contributed by atoms with van der Waals surface area (Å²) in [7, 11) is 0. The van der Waals surface area contributed by atoms with Crippen LogP contribution in [0, 0.1) is 18.7 Å². The van der Waals surface area contributed by atoms with E-state index in [0.717, 1.165) is 38.0 Å². The maximum atomic E-state index is 14.6. The van der Waals surface area contributed by atoms with E-state index in [1.165, 1.54) is 6.33 Å². The lowest BCUT2D eigenvalue weighted by Crippen LogP contribution is -2.24. The van der Waals surface area contributed by atoms with Crippen LogP contribution >= 0.6 is 0 Å². The van der Waals surface area contributed by atoms with Crippen molar-refractivity contribution in [2.45, 2.75) is 32.1 Å². The van der Waals surface area contributed by atoms with Crippen LogP contribution in [0.4, 0.5) is 10.2 Å². The molecule has 0 bridgehead atoms. The average Bonchev–Trinajstić information content (AvgIpc) is 3.33. The highest BCUT2D eigenvalue weighted by Crippen LogP contribution is 2.41. The van der Waals surface area contributed by atoms with Gasteiger partial charge < -0.3 is 9.64 Å². The largest absolute Gasteiger partial charge is 0.476 e. The Labute approximate surface area is 140 Å². The van der Waals surface area contributed by atoms with Crippen molar-refractivity contribution in [2.24, 2.45) is 5.92 Å². The Kier molecular flexibility index (Phi) is 4.00. The Bertz CT molecular complexity index is 719. The highest BCUT2D eigenvalue weighted by molar-refractivity contribution is 5.43. The smallest absolute Gasteiger partial charge is 0.233 e. The van der Waals surface area contributed by atoms with E-state index in [-0.39, 0.29) is 11.7 Å². The lowest BCUT2D eigenvalue weighted by atomic mass is 10.1. The van der Waals surface area contributed by atoms with Crippen LogP contribution in [-0.2, 0) is 0 Å². The van der Waals surface area contributed by atoms with E-state index in [2.05, 4.69) is 20.2 Å². The lowest BCUT2D eigenvalue weighted by Gasteiger charge is -2.19. The molecule has 0 N–H and O–H groups in total. The van der Waals surface area contributed by atoms with Crippen molar-refractivity contribution in [1.82, 2.24) is 20.2 Å². The topological polar surface area (TPSA) is 64.0 Å². The van der Waals surface area contributed by atoms with Crippen molar-refractivity contribution >= 4 is 5.82 Å². The Morgan fingerprint density at radius 2 is 2.08 bits per heavy atom. The number of aryl methyl sites for hydroxylation is 1. The third kappa shape index (κ3) is 3.16. The van der Waals surface area contributed by atoms with Crippen molar-refractivity contribution in [3.63, 3.8) is 0 Å². The van der Waals surface area contributed by atoms with Gasteiger partial charge in [-0.2, -0.15) is 5.10 Å². The number of rotatable bonds is 5. The van der Waals surface area contributed by atoms with Gasteiger partial charge in [-0.1, -0.05) is 0 Å². The van der Waals surface area contributed by atoms with Crippen LogP contribution in [0.2, 0.25) is 0 Å². The van der Waals surface area contributed by atoms with Crippen LogP contribution < -0.4 is 9.64 Å². The molecule has 2 aromatic heterocycles. The molecule has 2 aromatic rings. The zero-order valence-corrected chi connectivity index (χ0v) is 13.7. The van der Waals surface area contributed by atoms with E-state index in [4.69, 9.17) is 4.74 Å². The molecule has 7 heteroatoms. The minimum atomic E-state index is -0.244. The number of hydrogen-bond donors (Lipinski definition) is 0. The summed E-state index contributed by atoms with van der Waals surface area (Å²) in [6.45, 7) is 3.96. The first kappa shape index (κ1) is 15.2. The Balaban J connectivity index is 1.38. The minimum Gasteiger partial charge on any atom is -0.476 e. The van der Waals surface area contributed by atoms with Crippen LogP contribution in [0.3, 0.4) is 0 Å². The molecular weight excluding hydrogens is 309 g/mol. The van der Waals surface area contributed by atoms with E-state index < -0.39 is 0 Å². The van der Waals surface area contributed by atoms with Crippen LogP contribution in [0.5, 0.6) is 5.88 Å². The predicted octanol–water partition coefficient (Wildman–Crippen LogP) is 2.50. The third-order valence-corrected chi connectivity index (χ3v) is 4.59. The molecule has 0 aromatic carbocycles. The molecule has 0 amide bonds. The van der Waals surface area contributed by atoms with Gasteiger partial charge in [-0.15, -0.1) is 5.10 Å². The van der Waals surface area contributed by atoms with Crippen LogP contribution in [0.15, 0.2) is 18.5 Å². The van der Waals surface area contributed by atoms with Crippen molar-refractivity contribution in [3.05, 3.63) is 35.7 Å². The van der Waals surface area contributed by atoms with E-state index >= 15 is 0 Å². The quantitative estimate of drug-likeness (QED) is 0.840. The molecule has 6 nitrogen and oxygen atoms in total. The number of ether oxygens (including phenoxy) is 1. The highest BCUT2D eigenvalue weighted by Gasteiger charge is 2.32. The summed E-state index contributed by atoms with van der Waals surface area (Å²) in [4.78, 5) is 10.3. The van der Waals surface area contributed by atoms with Gasteiger partial charge in [0.15, 0.2) is 11.6 Å². The number of anilines is 1. The summed E-state index contributed by atoms with van der Waals surface area (Å²) in [6.07, 6.45) is 4.49. The summed E-state index contributed by atoms with van der Waals surface area (Å²) in [5.41, 5.74) is 1.44. The first-order chi connectivity index (χ1) is 11.7. The van der Waals surface area contributed by atoms with Crippen LogP contribution in [0.25, 0.3) is 0 Å². The van der Waals surface area contributed by atoms with Crippen LogP contribution in [-0.4, -0.2) is 39.9 Å². The molecule has 24 heavy (non-hydrogen) atoms. The van der Waals surface area contributed by atoms with Gasteiger partial charge in [0.25, 0.3) is 0 Å². The highest BCUT2D eigenvalue weighted by atomic mass is 19.1. The molecule has 0 radical (unpaired) electrons. The molecule has 1 aliphatic carbocycles. The van der Waals surface area contributed by atoms with Crippen LogP contribution in [0.1, 0.15) is 36.6 Å². The standard InChI is InChI=1S/C17H20FN5O/c1-11-2-5-14(22-21-11)24-9-12-6-7-23(8-12)17-15(18)16(13-3-4-13)19-10-20-17/h2,5,10,12-13H,3-4,6-9H2,1H3. The van der Waals surface area contributed by atoms with Crippen molar-refractivity contribution in [3.8, 4) is 5.88 Å². The molecule has 2 aliphatic rings. The maximum absolute atomic E-state index is 14.6. The first-order valence-corrected chi connectivity index (χ1v) is 8.39. The fraction of sp³-hybridized carbons (Fsp3) is 0.529. The molecule has 2 fully saturated rings. The Morgan fingerprint density at radius 1 is 1.21 bits per heavy atom. The molecule has 4 rings (SSSR count). The van der Waals surface area contributed by atoms with E-state index in [1.54, 1.807) is 0 Å². The normalized spacial score (nSPS) is 20.4. The van der Waals surface area contributed by atoms with Crippen molar-refractivity contribution in [2.75, 3.05) is 24.6 Å². The van der Waals surface area contributed by atoms with E-state index in [0.29, 0.717) is 29.9 Å². The molecule has 1 atom stereocenters. The fourth-order valence-electron chi connectivity index (χ4n) is 3.06. The lowest BCUT2D eigenvalue weighted by molar-refractivity contribution is 0.249. The van der Waals surface area contributed by atoms with Crippen molar-refractivity contribution < 1.29 is 9.13 Å². The number of nitrogens with zero attached hydrogens (tertiary/aromatic N) is 5. The molecule has 3 heterocycles. The average molecular weight is 329 g/mol. The van der Waals surface area contributed by atoms with Gasteiger partial charge in [0.1, 0.15) is 6.33 Å². The molecule has 1 unspecified atom stereocenters. The van der Waals surface area contributed by atoms with Gasteiger partial charge in [0.2, 0.25) is 5.88 Å². The molecule has 1 aliphatic heterocycles.